The summed E-state index contributed by atoms with van der Waals surface area (Å²) >= 11 is 0. The van der Waals surface area contributed by atoms with Crippen LogP contribution < -0.4 is 5.32 Å². The molecule has 0 aliphatic carbocycles. The van der Waals surface area contributed by atoms with Gasteiger partial charge in [-0.15, -0.1) is 0 Å². The highest BCUT2D eigenvalue weighted by Gasteiger charge is 2.35. The van der Waals surface area contributed by atoms with Crippen molar-refractivity contribution in [2.45, 2.75) is 45.6 Å². The number of hydrogen-bond acceptors (Lipinski definition) is 5. The molecule has 1 fully saturated rings. The zero-order valence-corrected chi connectivity index (χ0v) is 10.3. The maximum atomic E-state index is 10.9. The van der Waals surface area contributed by atoms with Crippen molar-refractivity contribution in [3.05, 3.63) is 0 Å². The van der Waals surface area contributed by atoms with Gasteiger partial charge in [0.15, 0.2) is 6.29 Å². The summed E-state index contributed by atoms with van der Waals surface area (Å²) in [5, 5.41) is 12.3. The summed E-state index contributed by atoms with van der Waals surface area (Å²) in [4.78, 5) is 21.6. The summed E-state index contributed by atoms with van der Waals surface area (Å²) in [6, 6.07) is -0.406. The molecule has 0 spiro atoms. The summed E-state index contributed by atoms with van der Waals surface area (Å²) in [5.41, 5.74) is 0. The van der Waals surface area contributed by atoms with E-state index in [-0.39, 0.29) is 30.5 Å². The minimum atomic E-state index is -1.06. The van der Waals surface area contributed by atoms with Gasteiger partial charge in [0.2, 0.25) is 5.91 Å². The predicted octanol–water partition coefficient (Wildman–Crippen LogP) is -0.202. The van der Waals surface area contributed by atoms with Crippen LogP contribution in [0.2, 0.25) is 0 Å². The fourth-order valence-corrected chi connectivity index (χ4v) is 1.87. The Morgan fingerprint density at radius 3 is 2.65 bits per heavy atom. The Bertz CT molecular complexity index is 294. The summed E-state index contributed by atoms with van der Waals surface area (Å²) in [5.74, 6) is -0.489. The lowest BCUT2D eigenvalue weighted by Gasteiger charge is -2.37. The lowest BCUT2D eigenvalue weighted by atomic mass is 9.93. The monoisotopic (exact) mass is 245 g/mol. The largest absolute Gasteiger partial charge is 0.463 e. The van der Waals surface area contributed by atoms with Crippen LogP contribution in [-0.4, -0.2) is 42.0 Å². The Hall–Kier alpha value is -1.14. The fraction of sp³-hybridized carbons (Fsp3) is 0.818. The molecule has 0 aromatic rings. The zero-order chi connectivity index (χ0) is 13.0. The highest BCUT2D eigenvalue weighted by Crippen LogP contribution is 2.24. The number of nitrogens with one attached hydrogen (secondary N) is 1. The van der Waals surface area contributed by atoms with Crippen molar-refractivity contribution in [1.29, 1.82) is 0 Å². The topological polar surface area (TPSA) is 84.9 Å². The van der Waals surface area contributed by atoms with Crippen LogP contribution in [0.4, 0.5) is 0 Å². The maximum Gasteiger partial charge on any atom is 0.302 e. The van der Waals surface area contributed by atoms with Gasteiger partial charge in [-0.1, -0.05) is 6.92 Å². The molecule has 0 bridgehead atoms. The Labute approximate surface area is 100 Å². The van der Waals surface area contributed by atoms with Crippen LogP contribution in [0.1, 0.15) is 27.2 Å². The molecule has 1 heterocycles. The lowest BCUT2D eigenvalue weighted by molar-refractivity contribution is -0.209. The first kappa shape index (κ1) is 13.9. The highest BCUT2D eigenvalue weighted by molar-refractivity contribution is 5.73. The van der Waals surface area contributed by atoms with Gasteiger partial charge in [-0.2, -0.15) is 0 Å². The molecule has 17 heavy (non-hydrogen) atoms. The molecule has 1 saturated heterocycles. The number of aliphatic hydroxyl groups is 1. The number of amides is 1. The molecule has 1 rings (SSSR count). The Morgan fingerprint density at radius 1 is 1.47 bits per heavy atom. The van der Waals surface area contributed by atoms with Gasteiger partial charge in [0, 0.05) is 13.8 Å². The quantitative estimate of drug-likeness (QED) is 0.672. The molecule has 98 valence electrons. The van der Waals surface area contributed by atoms with E-state index in [0.717, 1.165) is 0 Å². The van der Waals surface area contributed by atoms with Crippen molar-refractivity contribution in [1.82, 2.24) is 5.32 Å². The fourth-order valence-electron chi connectivity index (χ4n) is 1.87. The molecule has 1 aliphatic heterocycles. The molecule has 1 unspecified atom stereocenters. The van der Waals surface area contributed by atoms with Crippen molar-refractivity contribution < 1.29 is 24.2 Å². The average Bonchev–Trinajstić information content (AvgIpc) is 2.20. The summed E-state index contributed by atoms with van der Waals surface area (Å²) < 4.78 is 10.2. The van der Waals surface area contributed by atoms with Crippen LogP contribution in [0, 0.1) is 5.92 Å². The average molecular weight is 245 g/mol. The summed E-state index contributed by atoms with van der Waals surface area (Å²) in [6.07, 6.45) is -0.804. The van der Waals surface area contributed by atoms with E-state index in [2.05, 4.69) is 5.32 Å². The van der Waals surface area contributed by atoms with Gasteiger partial charge < -0.3 is 19.9 Å². The van der Waals surface area contributed by atoms with E-state index < -0.39 is 12.3 Å². The first-order valence-corrected chi connectivity index (χ1v) is 5.64. The molecular formula is C11H19NO5. The smallest absolute Gasteiger partial charge is 0.302 e. The van der Waals surface area contributed by atoms with E-state index >= 15 is 0 Å². The van der Waals surface area contributed by atoms with Crippen LogP contribution in [0.3, 0.4) is 0 Å². The number of ether oxygens (including phenoxy) is 2. The van der Waals surface area contributed by atoms with Crippen LogP contribution in [0.15, 0.2) is 0 Å². The van der Waals surface area contributed by atoms with Gasteiger partial charge in [-0.05, 0) is 12.3 Å². The van der Waals surface area contributed by atoms with Crippen LogP contribution in [0.25, 0.3) is 0 Å². The lowest BCUT2D eigenvalue weighted by Crippen LogP contribution is -2.52. The second-order valence-electron chi connectivity index (χ2n) is 4.39. The third kappa shape index (κ3) is 4.32. The molecule has 0 radical (unpaired) electrons. The number of esters is 1. The van der Waals surface area contributed by atoms with Crippen molar-refractivity contribution >= 4 is 11.9 Å². The van der Waals surface area contributed by atoms with E-state index in [1.807, 2.05) is 6.92 Å². The number of carbonyl (C=O) groups is 2. The second kappa shape index (κ2) is 5.97. The SMILES string of the molecule is CC(=O)N[C@@H]1C[C@@H](C)[C@@H](COC(C)=O)OC1O. The van der Waals surface area contributed by atoms with E-state index in [1.165, 1.54) is 13.8 Å². The first-order valence-electron chi connectivity index (χ1n) is 5.64. The van der Waals surface area contributed by atoms with E-state index in [0.29, 0.717) is 6.42 Å². The van der Waals surface area contributed by atoms with Crippen LogP contribution in [-0.2, 0) is 19.1 Å². The van der Waals surface area contributed by atoms with Crippen LogP contribution in [0.5, 0.6) is 0 Å². The van der Waals surface area contributed by atoms with E-state index in [1.54, 1.807) is 0 Å². The molecule has 6 heteroatoms. The number of carbonyl (C=O) groups excluding carboxylic acids is 2. The normalized spacial score (nSPS) is 32.9. The first-order chi connectivity index (χ1) is 7.90. The van der Waals surface area contributed by atoms with E-state index in [9.17, 15) is 14.7 Å². The number of aliphatic hydroxyl groups excluding tert-OH is 1. The van der Waals surface area contributed by atoms with Gasteiger partial charge in [0.1, 0.15) is 6.61 Å². The van der Waals surface area contributed by atoms with Crippen molar-refractivity contribution in [2.75, 3.05) is 6.61 Å². The van der Waals surface area contributed by atoms with Crippen molar-refractivity contribution in [3.63, 3.8) is 0 Å². The molecule has 4 atom stereocenters. The number of rotatable bonds is 3. The van der Waals surface area contributed by atoms with Gasteiger partial charge in [-0.25, -0.2) is 0 Å². The molecule has 2 N–H and O–H groups in total. The highest BCUT2D eigenvalue weighted by atomic mass is 16.6. The van der Waals surface area contributed by atoms with Crippen LogP contribution >= 0.6 is 0 Å². The molecule has 1 aliphatic rings. The summed E-state index contributed by atoms with van der Waals surface area (Å²) in [7, 11) is 0. The molecule has 0 aromatic heterocycles. The number of hydrogen-bond donors (Lipinski definition) is 2. The minimum absolute atomic E-state index is 0.0922. The van der Waals surface area contributed by atoms with E-state index in [4.69, 9.17) is 9.47 Å². The van der Waals surface area contributed by atoms with Gasteiger partial charge in [0.05, 0.1) is 12.1 Å². The maximum absolute atomic E-state index is 10.9. The summed E-state index contributed by atoms with van der Waals surface area (Å²) in [6.45, 7) is 4.77. The second-order valence-corrected chi connectivity index (χ2v) is 4.39. The zero-order valence-electron chi connectivity index (χ0n) is 10.3. The van der Waals surface area contributed by atoms with Crippen molar-refractivity contribution in [3.8, 4) is 0 Å². The molecule has 0 saturated carbocycles. The predicted molar refractivity (Wildman–Crippen MR) is 58.9 cm³/mol. The van der Waals surface area contributed by atoms with Gasteiger partial charge in [0.25, 0.3) is 0 Å². The standard InChI is InChI=1S/C11H19NO5/c1-6-4-9(12-7(2)13)11(15)17-10(6)5-16-8(3)14/h6,9-11,15H,4-5H2,1-3H3,(H,12,13)/t6-,9-,10-,11?/m1/s1. The minimum Gasteiger partial charge on any atom is -0.463 e. The Kier molecular flexibility index (Phi) is 4.89. The van der Waals surface area contributed by atoms with Gasteiger partial charge >= 0.3 is 5.97 Å². The third-order valence-corrected chi connectivity index (χ3v) is 2.76. The Morgan fingerprint density at radius 2 is 2.12 bits per heavy atom. The molecule has 6 nitrogen and oxygen atoms in total. The van der Waals surface area contributed by atoms with Crippen molar-refractivity contribution in [2.24, 2.45) is 5.92 Å². The van der Waals surface area contributed by atoms with Gasteiger partial charge in [-0.3, -0.25) is 9.59 Å². The third-order valence-electron chi connectivity index (χ3n) is 2.76. The Balaban J connectivity index is 2.48. The molecular weight excluding hydrogens is 226 g/mol. The molecule has 0 aromatic carbocycles. The molecule has 1 amide bonds.